The fourth-order valence-corrected chi connectivity index (χ4v) is 1.35. The van der Waals surface area contributed by atoms with Crippen molar-refractivity contribution >= 4 is 11.3 Å². The van der Waals surface area contributed by atoms with Crippen molar-refractivity contribution in [1.82, 2.24) is 10.7 Å². The van der Waals surface area contributed by atoms with E-state index in [9.17, 15) is 0 Å². The third kappa shape index (κ3) is 2.45. The van der Waals surface area contributed by atoms with Crippen LogP contribution in [-0.2, 0) is 6.54 Å². The van der Waals surface area contributed by atoms with Gasteiger partial charge < -0.3 is 0 Å². The van der Waals surface area contributed by atoms with Crippen LogP contribution in [0.25, 0.3) is 0 Å². The quantitative estimate of drug-likeness (QED) is 0.254. The van der Waals surface area contributed by atoms with Crippen molar-refractivity contribution in [1.29, 1.82) is 0 Å². The van der Waals surface area contributed by atoms with Crippen LogP contribution in [0.5, 0.6) is 0 Å². The summed E-state index contributed by atoms with van der Waals surface area (Å²) >= 11 is 1.74. The van der Waals surface area contributed by atoms with Gasteiger partial charge in [0.15, 0.2) is 0 Å². The van der Waals surface area contributed by atoms with Crippen molar-refractivity contribution in [2.45, 2.75) is 6.54 Å². The largest absolute Gasteiger partial charge is 0.299 e. The van der Waals surface area contributed by atoms with E-state index in [-0.39, 0.29) is 0 Å². The predicted octanol–water partition coefficient (Wildman–Crippen LogP) is 0.259. The molecule has 0 radical (unpaired) electrons. The highest BCUT2D eigenvalue weighted by Gasteiger charge is 1.89. The molecule has 10 heavy (non-hydrogen) atoms. The molecule has 3 nitrogen and oxygen atoms in total. The lowest BCUT2D eigenvalue weighted by Gasteiger charge is -1.99. The molecule has 56 valence electrons. The molecular weight excluding hydrogens is 146 g/mol. The first-order valence-electron chi connectivity index (χ1n) is 3.10. The van der Waals surface area contributed by atoms with Gasteiger partial charge in [-0.2, -0.15) is 0 Å². The number of hydrazine groups is 1. The van der Waals surface area contributed by atoms with E-state index >= 15 is 0 Å². The Kier molecular flexibility index (Phi) is 3.38. The Balaban J connectivity index is 2.15. The lowest BCUT2D eigenvalue weighted by atomic mass is 10.5. The van der Waals surface area contributed by atoms with E-state index in [2.05, 4.69) is 22.2 Å². The van der Waals surface area contributed by atoms with Gasteiger partial charge in [0.25, 0.3) is 0 Å². The minimum absolute atomic E-state index is 0.651. The summed E-state index contributed by atoms with van der Waals surface area (Å²) in [5, 5.41) is 5.17. The predicted molar refractivity (Wildman–Crippen MR) is 43.3 cm³/mol. The van der Waals surface area contributed by atoms with Gasteiger partial charge in [-0.25, -0.2) is 5.43 Å². The van der Waals surface area contributed by atoms with Crippen LogP contribution in [0.3, 0.4) is 0 Å². The maximum absolute atomic E-state index is 5.06. The number of rotatable bonds is 4. The number of nitrogens with one attached hydrogen (secondary N) is 2. The first-order chi connectivity index (χ1) is 4.93. The van der Waals surface area contributed by atoms with Gasteiger partial charge in [-0.05, 0) is 11.4 Å². The molecule has 1 heterocycles. The highest BCUT2D eigenvalue weighted by molar-refractivity contribution is 7.09. The van der Waals surface area contributed by atoms with E-state index in [1.54, 1.807) is 11.3 Å². The van der Waals surface area contributed by atoms with E-state index < -0.39 is 0 Å². The molecule has 0 bridgehead atoms. The number of nitrogens with two attached hydrogens (primary N) is 1. The molecule has 0 saturated heterocycles. The van der Waals surface area contributed by atoms with Gasteiger partial charge in [0.05, 0.1) is 6.67 Å². The molecule has 0 spiro atoms. The first-order valence-corrected chi connectivity index (χ1v) is 3.98. The Morgan fingerprint density at radius 2 is 2.50 bits per heavy atom. The molecule has 1 aromatic rings. The lowest BCUT2D eigenvalue weighted by Crippen LogP contribution is -2.33. The maximum Gasteiger partial charge on any atom is 0.0590 e. The normalized spacial score (nSPS) is 10.1. The van der Waals surface area contributed by atoms with Gasteiger partial charge in [0, 0.05) is 11.4 Å². The molecule has 4 N–H and O–H groups in total. The smallest absolute Gasteiger partial charge is 0.0590 e. The summed E-state index contributed by atoms with van der Waals surface area (Å²) in [6.07, 6.45) is 0. The lowest BCUT2D eigenvalue weighted by molar-refractivity contribution is 0.605. The number of hydrogen-bond donors (Lipinski definition) is 3. The van der Waals surface area contributed by atoms with Gasteiger partial charge in [-0.15, -0.1) is 11.3 Å². The maximum atomic E-state index is 5.06. The van der Waals surface area contributed by atoms with Crippen LogP contribution in [0.2, 0.25) is 0 Å². The second-order valence-corrected chi connectivity index (χ2v) is 2.92. The Bertz CT molecular complexity index is 162. The Hall–Kier alpha value is -0.420. The fourth-order valence-electron chi connectivity index (χ4n) is 0.671. The summed E-state index contributed by atoms with van der Waals surface area (Å²) in [6.45, 7) is 1.54. The molecule has 0 amide bonds. The second kappa shape index (κ2) is 4.40. The number of hydrogen-bond acceptors (Lipinski definition) is 4. The van der Waals surface area contributed by atoms with Gasteiger partial charge >= 0.3 is 0 Å². The summed E-state index contributed by atoms with van der Waals surface area (Å²) in [5.41, 5.74) is 2.52. The van der Waals surface area contributed by atoms with E-state index in [0.29, 0.717) is 6.67 Å². The molecule has 0 unspecified atom stereocenters. The first kappa shape index (κ1) is 7.68. The van der Waals surface area contributed by atoms with Crippen LogP contribution in [0.15, 0.2) is 17.5 Å². The Labute approximate surface area is 64.2 Å². The van der Waals surface area contributed by atoms with Crippen molar-refractivity contribution in [3.63, 3.8) is 0 Å². The van der Waals surface area contributed by atoms with Gasteiger partial charge in [-0.1, -0.05) is 6.07 Å². The van der Waals surface area contributed by atoms with Crippen molar-refractivity contribution in [2.75, 3.05) is 6.67 Å². The van der Waals surface area contributed by atoms with Crippen LogP contribution in [0.1, 0.15) is 4.88 Å². The van der Waals surface area contributed by atoms with Crippen LogP contribution in [0.4, 0.5) is 0 Å². The fraction of sp³-hybridized carbons (Fsp3) is 0.333. The molecule has 4 heteroatoms. The van der Waals surface area contributed by atoms with E-state index in [1.807, 2.05) is 6.07 Å². The van der Waals surface area contributed by atoms with Gasteiger partial charge in [0.2, 0.25) is 0 Å². The average Bonchev–Trinajstić information content (AvgIpc) is 2.41. The van der Waals surface area contributed by atoms with Crippen LogP contribution in [-0.4, -0.2) is 6.67 Å². The zero-order valence-electron chi connectivity index (χ0n) is 5.63. The van der Waals surface area contributed by atoms with Crippen LogP contribution < -0.4 is 16.6 Å². The molecular formula is C6H11N3S. The molecule has 0 atom stereocenters. The minimum atomic E-state index is 0.651. The van der Waals surface area contributed by atoms with Crippen molar-refractivity contribution in [2.24, 2.45) is 5.84 Å². The summed E-state index contributed by atoms with van der Waals surface area (Å²) in [5.74, 6) is 5.06. The number of thiophene rings is 1. The van der Waals surface area contributed by atoms with Crippen molar-refractivity contribution in [3.05, 3.63) is 22.4 Å². The summed E-state index contributed by atoms with van der Waals surface area (Å²) < 4.78 is 0. The average molecular weight is 157 g/mol. The highest BCUT2D eigenvalue weighted by atomic mass is 32.1. The highest BCUT2D eigenvalue weighted by Crippen LogP contribution is 2.06. The molecule has 1 aromatic heterocycles. The van der Waals surface area contributed by atoms with E-state index in [4.69, 9.17) is 5.84 Å². The molecule has 0 aliphatic rings. The summed E-state index contributed by atoms with van der Waals surface area (Å²) in [6, 6.07) is 4.13. The zero-order chi connectivity index (χ0) is 7.23. The third-order valence-electron chi connectivity index (χ3n) is 1.11. The topological polar surface area (TPSA) is 50.1 Å². The monoisotopic (exact) mass is 157 g/mol. The van der Waals surface area contributed by atoms with E-state index in [1.165, 1.54) is 4.88 Å². The Morgan fingerprint density at radius 1 is 1.60 bits per heavy atom. The minimum Gasteiger partial charge on any atom is -0.299 e. The molecule has 0 aliphatic heterocycles. The van der Waals surface area contributed by atoms with E-state index in [0.717, 1.165) is 6.54 Å². The van der Waals surface area contributed by atoms with Crippen molar-refractivity contribution in [3.8, 4) is 0 Å². The van der Waals surface area contributed by atoms with Gasteiger partial charge in [0.1, 0.15) is 0 Å². The molecule has 0 fully saturated rings. The van der Waals surface area contributed by atoms with Crippen molar-refractivity contribution < 1.29 is 0 Å². The standard InChI is InChI=1S/C6H11N3S/c7-9-5-8-4-6-2-1-3-10-6/h1-3,8-9H,4-5,7H2. The summed E-state index contributed by atoms with van der Waals surface area (Å²) in [7, 11) is 0. The second-order valence-electron chi connectivity index (χ2n) is 1.89. The Morgan fingerprint density at radius 3 is 3.10 bits per heavy atom. The molecule has 0 aliphatic carbocycles. The SMILES string of the molecule is NNCNCc1cccs1. The van der Waals surface area contributed by atoms with Crippen LogP contribution >= 0.6 is 11.3 Å². The molecule has 0 aromatic carbocycles. The van der Waals surface area contributed by atoms with Gasteiger partial charge in [-0.3, -0.25) is 11.2 Å². The molecule has 0 saturated carbocycles. The zero-order valence-corrected chi connectivity index (χ0v) is 6.45. The molecule has 1 rings (SSSR count). The third-order valence-corrected chi connectivity index (χ3v) is 1.98. The van der Waals surface area contributed by atoms with Crippen LogP contribution in [0, 0.1) is 0 Å². The summed E-state index contributed by atoms with van der Waals surface area (Å²) in [4.78, 5) is 1.33.